The third kappa shape index (κ3) is 2.87. The van der Waals surface area contributed by atoms with E-state index in [1.54, 1.807) is 0 Å². The maximum absolute atomic E-state index is 11.0. The van der Waals surface area contributed by atoms with Crippen LogP contribution in [0, 0.1) is 20.2 Å². The van der Waals surface area contributed by atoms with E-state index in [0.717, 1.165) is 25.3 Å². The van der Waals surface area contributed by atoms with Gasteiger partial charge in [-0.05, 0) is 6.07 Å². The lowest BCUT2D eigenvalue weighted by molar-refractivity contribution is -0.419. The fourth-order valence-corrected chi connectivity index (χ4v) is 0.943. The van der Waals surface area contributed by atoms with Gasteiger partial charge in [-0.2, -0.15) is 0 Å². The van der Waals surface area contributed by atoms with Gasteiger partial charge >= 0.3 is 17.6 Å². The first kappa shape index (κ1) is 12.4. The van der Waals surface area contributed by atoms with Crippen LogP contribution in [-0.4, -0.2) is 22.9 Å². The van der Waals surface area contributed by atoms with Crippen LogP contribution < -0.4 is 0 Å². The molecule has 0 spiro atoms. The first-order valence-electron chi connectivity index (χ1n) is 4.14. The minimum Gasteiger partial charge on any atom is -0.461 e. The number of rotatable bonds is 4. The van der Waals surface area contributed by atoms with Crippen molar-refractivity contribution in [3.05, 3.63) is 43.8 Å². The van der Waals surface area contributed by atoms with Gasteiger partial charge < -0.3 is 9.15 Å². The van der Waals surface area contributed by atoms with Crippen LogP contribution in [0.5, 0.6) is 0 Å². The molecule has 90 valence electrons. The lowest BCUT2D eigenvalue weighted by atomic mass is 10.3. The Morgan fingerprint density at radius 1 is 1.41 bits per heavy atom. The van der Waals surface area contributed by atoms with Crippen molar-refractivity contribution in [3.63, 3.8) is 0 Å². The zero-order valence-electron chi connectivity index (χ0n) is 8.48. The molecular formula is C8H6N2O7. The Morgan fingerprint density at radius 3 is 2.47 bits per heavy atom. The SMILES string of the molecule is COC(=O)/C(=C/c1ccc([N+](=O)[O-])o1)[N+](=O)[O-]. The molecule has 0 aliphatic carbocycles. The standard InChI is InChI=1S/C8H6N2O7/c1-16-8(11)6(9(12)13)4-5-2-3-7(17-5)10(14)15/h2-4H,1H3/b6-4-. The molecule has 0 aliphatic heterocycles. The Morgan fingerprint density at radius 2 is 2.06 bits per heavy atom. The summed E-state index contributed by atoms with van der Waals surface area (Å²) in [6.45, 7) is 0. The van der Waals surface area contributed by atoms with Crippen molar-refractivity contribution in [2.24, 2.45) is 0 Å². The first-order chi connectivity index (χ1) is 7.95. The smallest absolute Gasteiger partial charge is 0.433 e. The minimum absolute atomic E-state index is 0.186. The molecule has 9 heteroatoms. The van der Waals surface area contributed by atoms with Crippen LogP contribution in [-0.2, 0) is 9.53 Å². The Labute approximate surface area is 93.6 Å². The van der Waals surface area contributed by atoms with Crippen LogP contribution in [0.2, 0.25) is 0 Å². The molecule has 1 aromatic rings. The highest BCUT2D eigenvalue weighted by Gasteiger charge is 2.24. The molecule has 1 rings (SSSR count). The number of furan rings is 1. The van der Waals surface area contributed by atoms with E-state index in [1.165, 1.54) is 0 Å². The summed E-state index contributed by atoms with van der Waals surface area (Å²) in [7, 11) is 0.976. The molecule has 0 aromatic carbocycles. The molecule has 0 N–H and O–H groups in total. The molecule has 0 saturated heterocycles. The lowest BCUT2D eigenvalue weighted by Gasteiger charge is -1.94. The number of methoxy groups -OCH3 is 1. The first-order valence-corrected chi connectivity index (χ1v) is 4.14. The Bertz CT molecular complexity index is 502. The number of carbonyl (C=O) groups excluding carboxylic acids is 1. The Hall–Kier alpha value is -2.71. The maximum atomic E-state index is 11.0. The van der Waals surface area contributed by atoms with E-state index in [1.807, 2.05) is 0 Å². The highest BCUT2D eigenvalue weighted by Crippen LogP contribution is 2.18. The average Bonchev–Trinajstić information content (AvgIpc) is 2.73. The van der Waals surface area contributed by atoms with Crippen molar-refractivity contribution >= 4 is 17.9 Å². The average molecular weight is 242 g/mol. The van der Waals surface area contributed by atoms with Gasteiger partial charge in [-0.15, -0.1) is 0 Å². The van der Waals surface area contributed by atoms with Crippen LogP contribution >= 0.6 is 0 Å². The van der Waals surface area contributed by atoms with Crippen molar-refractivity contribution in [1.29, 1.82) is 0 Å². The predicted molar refractivity (Wildman–Crippen MR) is 52.3 cm³/mol. The van der Waals surface area contributed by atoms with Gasteiger partial charge in [0.25, 0.3) is 0 Å². The van der Waals surface area contributed by atoms with Gasteiger partial charge in [0, 0.05) is 0 Å². The van der Waals surface area contributed by atoms with Crippen LogP contribution in [0.1, 0.15) is 5.76 Å². The minimum atomic E-state index is -1.17. The van der Waals surface area contributed by atoms with Gasteiger partial charge in [-0.1, -0.05) is 0 Å². The van der Waals surface area contributed by atoms with E-state index in [9.17, 15) is 25.0 Å². The number of nitrogens with zero attached hydrogens (tertiary/aromatic N) is 2. The summed E-state index contributed by atoms with van der Waals surface area (Å²) in [6, 6.07) is 2.14. The van der Waals surface area contributed by atoms with Gasteiger partial charge in [0.2, 0.25) is 0 Å². The van der Waals surface area contributed by atoms with E-state index in [-0.39, 0.29) is 5.76 Å². The van der Waals surface area contributed by atoms with E-state index < -0.39 is 27.4 Å². The van der Waals surface area contributed by atoms with Gasteiger partial charge in [0.1, 0.15) is 10.7 Å². The summed E-state index contributed by atoms with van der Waals surface area (Å²) in [5, 5.41) is 20.8. The second kappa shape index (κ2) is 4.88. The number of carbonyl (C=O) groups is 1. The normalized spacial score (nSPS) is 11.0. The van der Waals surface area contributed by atoms with Crippen molar-refractivity contribution < 1.29 is 23.8 Å². The monoisotopic (exact) mass is 242 g/mol. The van der Waals surface area contributed by atoms with Gasteiger partial charge in [-0.25, -0.2) is 4.79 Å². The van der Waals surface area contributed by atoms with E-state index >= 15 is 0 Å². The molecule has 0 unspecified atom stereocenters. The quantitative estimate of drug-likeness (QED) is 0.333. The molecule has 1 heterocycles. The summed E-state index contributed by atoms with van der Waals surface area (Å²) in [5.41, 5.74) is -0.878. The largest absolute Gasteiger partial charge is 0.461 e. The molecule has 0 amide bonds. The summed E-state index contributed by atoms with van der Waals surface area (Å²) in [5.74, 6) is -1.94. The molecule has 0 aliphatic rings. The predicted octanol–water partition coefficient (Wildman–Crippen LogP) is 0.978. The molecule has 17 heavy (non-hydrogen) atoms. The number of nitro groups is 2. The Kier molecular flexibility index (Phi) is 3.55. The van der Waals surface area contributed by atoms with Crippen molar-refractivity contribution in [3.8, 4) is 0 Å². The fraction of sp³-hybridized carbons (Fsp3) is 0.125. The number of hydrogen-bond acceptors (Lipinski definition) is 7. The lowest BCUT2D eigenvalue weighted by Crippen LogP contribution is -2.12. The molecule has 0 atom stereocenters. The number of esters is 1. The van der Waals surface area contributed by atoms with Gasteiger partial charge in [0.15, 0.2) is 0 Å². The molecule has 0 bridgehead atoms. The van der Waals surface area contributed by atoms with Crippen LogP contribution in [0.25, 0.3) is 6.08 Å². The van der Waals surface area contributed by atoms with Crippen molar-refractivity contribution in [2.75, 3.05) is 7.11 Å². The molecule has 9 nitrogen and oxygen atoms in total. The zero-order valence-corrected chi connectivity index (χ0v) is 8.48. The third-order valence-electron chi connectivity index (χ3n) is 1.66. The third-order valence-corrected chi connectivity index (χ3v) is 1.66. The van der Waals surface area contributed by atoms with Crippen molar-refractivity contribution in [2.45, 2.75) is 0 Å². The highest BCUT2D eigenvalue weighted by atomic mass is 16.7. The fourth-order valence-electron chi connectivity index (χ4n) is 0.943. The van der Waals surface area contributed by atoms with Gasteiger partial charge in [-0.3, -0.25) is 20.2 Å². The molecule has 0 fully saturated rings. The second-order valence-corrected chi connectivity index (χ2v) is 2.71. The summed E-state index contributed by atoms with van der Waals surface area (Å²) in [6.07, 6.45) is 0.749. The summed E-state index contributed by atoms with van der Waals surface area (Å²) >= 11 is 0. The highest BCUT2D eigenvalue weighted by molar-refractivity contribution is 5.90. The van der Waals surface area contributed by atoms with Crippen molar-refractivity contribution in [1.82, 2.24) is 0 Å². The topological polar surface area (TPSA) is 126 Å². The van der Waals surface area contributed by atoms with Crippen LogP contribution in [0.3, 0.4) is 0 Å². The molecule has 0 saturated carbocycles. The van der Waals surface area contributed by atoms with Crippen LogP contribution in [0.15, 0.2) is 22.2 Å². The number of hydrogen-bond donors (Lipinski definition) is 0. The number of ether oxygens (including phenoxy) is 1. The summed E-state index contributed by atoms with van der Waals surface area (Å²) < 4.78 is 8.81. The van der Waals surface area contributed by atoms with Gasteiger partial charge in [0.05, 0.1) is 24.2 Å². The van der Waals surface area contributed by atoms with E-state index in [4.69, 9.17) is 0 Å². The zero-order chi connectivity index (χ0) is 13.0. The van der Waals surface area contributed by atoms with E-state index in [0.29, 0.717) is 0 Å². The van der Waals surface area contributed by atoms with E-state index in [2.05, 4.69) is 9.15 Å². The summed E-state index contributed by atoms with van der Waals surface area (Å²) in [4.78, 5) is 30.0. The molecular weight excluding hydrogens is 236 g/mol. The second-order valence-electron chi connectivity index (χ2n) is 2.71. The Balaban J connectivity index is 3.09. The molecule has 0 radical (unpaired) electrons. The molecule has 1 aromatic heterocycles. The maximum Gasteiger partial charge on any atom is 0.433 e. The van der Waals surface area contributed by atoms with Crippen LogP contribution in [0.4, 0.5) is 5.88 Å².